The van der Waals surface area contributed by atoms with Crippen LogP contribution < -0.4 is 11.1 Å². The summed E-state index contributed by atoms with van der Waals surface area (Å²) in [7, 11) is 0. The molecule has 1 aromatic carbocycles. The number of alkyl halides is 3. The van der Waals surface area contributed by atoms with E-state index in [4.69, 9.17) is 5.73 Å². The zero-order chi connectivity index (χ0) is 14.0. The van der Waals surface area contributed by atoms with E-state index >= 15 is 0 Å². The minimum absolute atomic E-state index is 0.126. The lowest BCUT2D eigenvalue weighted by Crippen LogP contribution is -2.26. The highest BCUT2D eigenvalue weighted by Crippen LogP contribution is 2.37. The minimum Gasteiger partial charge on any atom is -0.399 e. The van der Waals surface area contributed by atoms with Crippen LogP contribution in [0.3, 0.4) is 0 Å². The van der Waals surface area contributed by atoms with Crippen LogP contribution in [0.15, 0.2) is 18.2 Å². The quantitative estimate of drug-likeness (QED) is 0.789. The third-order valence-electron chi connectivity index (χ3n) is 3.72. The summed E-state index contributed by atoms with van der Waals surface area (Å²) in [5.74, 6) is 0.673. The van der Waals surface area contributed by atoms with Crippen LogP contribution in [0.5, 0.6) is 0 Å². The smallest absolute Gasteiger partial charge is 0.399 e. The number of benzene rings is 1. The molecule has 19 heavy (non-hydrogen) atoms. The van der Waals surface area contributed by atoms with Crippen LogP contribution in [-0.4, -0.2) is 6.04 Å². The maximum atomic E-state index is 12.9. The first kappa shape index (κ1) is 14.0. The van der Waals surface area contributed by atoms with Gasteiger partial charge in [0, 0.05) is 17.4 Å². The van der Waals surface area contributed by atoms with Crippen LogP contribution in [0.2, 0.25) is 0 Å². The zero-order valence-electron chi connectivity index (χ0n) is 10.9. The predicted octanol–water partition coefficient (Wildman–Crippen LogP) is 4.28. The van der Waals surface area contributed by atoms with Crippen molar-refractivity contribution in [3.63, 3.8) is 0 Å². The number of anilines is 2. The molecule has 5 heteroatoms. The maximum Gasteiger partial charge on any atom is 0.418 e. The number of nitrogens with two attached hydrogens (primary N) is 1. The second kappa shape index (κ2) is 5.31. The van der Waals surface area contributed by atoms with Gasteiger partial charge in [0.1, 0.15) is 0 Å². The fraction of sp³-hybridized carbons (Fsp3) is 0.571. The van der Waals surface area contributed by atoms with Gasteiger partial charge in [-0.2, -0.15) is 13.2 Å². The van der Waals surface area contributed by atoms with Gasteiger partial charge >= 0.3 is 6.18 Å². The van der Waals surface area contributed by atoms with Crippen LogP contribution in [-0.2, 0) is 6.18 Å². The molecule has 0 atom stereocenters. The molecule has 2 rings (SSSR count). The van der Waals surface area contributed by atoms with Gasteiger partial charge in [0.2, 0.25) is 0 Å². The third-order valence-corrected chi connectivity index (χ3v) is 3.72. The molecular weight excluding hydrogens is 253 g/mol. The summed E-state index contributed by atoms with van der Waals surface area (Å²) in [5, 5.41) is 3.03. The number of nitrogens with one attached hydrogen (secondary N) is 1. The maximum absolute atomic E-state index is 12.9. The third kappa shape index (κ3) is 3.55. The molecule has 1 aliphatic carbocycles. The second-order valence-corrected chi connectivity index (χ2v) is 5.40. The molecule has 3 N–H and O–H groups in total. The topological polar surface area (TPSA) is 38.0 Å². The van der Waals surface area contributed by atoms with Crippen molar-refractivity contribution in [3.8, 4) is 0 Å². The van der Waals surface area contributed by atoms with E-state index in [9.17, 15) is 13.2 Å². The normalized spacial score (nSPS) is 24.2. The summed E-state index contributed by atoms with van der Waals surface area (Å²) in [6, 6.07) is 4.05. The number of rotatable bonds is 2. The summed E-state index contributed by atoms with van der Waals surface area (Å²) >= 11 is 0. The average molecular weight is 272 g/mol. The SMILES string of the molecule is CC1CCC(Nc2ccc(N)cc2C(F)(F)F)CC1. The molecule has 106 valence electrons. The summed E-state index contributed by atoms with van der Waals surface area (Å²) in [5.41, 5.74) is 5.05. The fourth-order valence-corrected chi connectivity index (χ4v) is 2.55. The van der Waals surface area contributed by atoms with Crippen molar-refractivity contribution in [3.05, 3.63) is 23.8 Å². The number of hydrogen-bond donors (Lipinski definition) is 2. The van der Waals surface area contributed by atoms with Crippen LogP contribution in [0.4, 0.5) is 24.5 Å². The molecule has 0 spiro atoms. The van der Waals surface area contributed by atoms with Gasteiger partial charge in [-0.3, -0.25) is 0 Å². The van der Waals surface area contributed by atoms with Crippen molar-refractivity contribution in [2.24, 2.45) is 5.92 Å². The van der Waals surface area contributed by atoms with E-state index < -0.39 is 11.7 Å². The van der Waals surface area contributed by atoms with E-state index in [-0.39, 0.29) is 17.4 Å². The average Bonchev–Trinajstić information content (AvgIpc) is 2.33. The number of hydrogen-bond acceptors (Lipinski definition) is 2. The van der Waals surface area contributed by atoms with Crippen molar-refractivity contribution < 1.29 is 13.2 Å². The Kier molecular flexibility index (Phi) is 3.92. The first-order valence-corrected chi connectivity index (χ1v) is 6.59. The Labute approximate surface area is 111 Å². The molecule has 0 aliphatic heterocycles. The molecule has 0 unspecified atom stereocenters. The Hall–Kier alpha value is -1.39. The first-order chi connectivity index (χ1) is 8.86. The first-order valence-electron chi connectivity index (χ1n) is 6.59. The lowest BCUT2D eigenvalue weighted by Gasteiger charge is -2.28. The van der Waals surface area contributed by atoms with Gasteiger partial charge < -0.3 is 11.1 Å². The molecule has 0 saturated heterocycles. The molecule has 0 amide bonds. The fourth-order valence-electron chi connectivity index (χ4n) is 2.55. The number of halogens is 3. The van der Waals surface area contributed by atoms with Gasteiger partial charge in [-0.25, -0.2) is 0 Å². The Bertz CT molecular complexity index is 435. The molecule has 0 radical (unpaired) electrons. The molecular formula is C14H19F3N2. The van der Waals surface area contributed by atoms with E-state index in [0.29, 0.717) is 5.92 Å². The molecule has 1 saturated carbocycles. The summed E-state index contributed by atoms with van der Waals surface area (Å²) in [6.07, 6.45) is -0.409. The monoisotopic (exact) mass is 272 g/mol. The van der Waals surface area contributed by atoms with Crippen molar-refractivity contribution in [2.45, 2.75) is 44.8 Å². The van der Waals surface area contributed by atoms with E-state index in [1.807, 2.05) is 0 Å². The standard InChI is InChI=1S/C14H19F3N2/c1-9-2-5-11(6-3-9)19-13-7-4-10(18)8-12(13)14(15,16)17/h4,7-9,11,19H,2-3,5-6,18H2,1H3. The Morgan fingerprint density at radius 2 is 1.79 bits per heavy atom. The van der Waals surface area contributed by atoms with Crippen molar-refractivity contribution in [1.29, 1.82) is 0 Å². The molecule has 0 bridgehead atoms. The highest BCUT2D eigenvalue weighted by atomic mass is 19.4. The summed E-state index contributed by atoms with van der Waals surface area (Å²) < 4.78 is 38.8. The lowest BCUT2D eigenvalue weighted by molar-refractivity contribution is -0.136. The van der Waals surface area contributed by atoms with Crippen molar-refractivity contribution in [1.82, 2.24) is 0 Å². The zero-order valence-corrected chi connectivity index (χ0v) is 10.9. The lowest BCUT2D eigenvalue weighted by atomic mass is 9.87. The molecule has 0 heterocycles. The molecule has 2 nitrogen and oxygen atoms in total. The summed E-state index contributed by atoms with van der Waals surface area (Å²) in [4.78, 5) is 0. The van der Waals surface area contributed by atoms with Crippen molar-refractivity contribution >= 4 is 11.4 Å². The Morgan fingerprint density at radius 1 is 1.16 bits per heavy atom. The Balaban J connectivity index is 2.16. The van der Waals surface area contributed by atoms with Crippen LogP contribution in [0, 0.1) is 5.92 Å². The van der Waals surface area contributed by atoms with E-state index in [2.05, 4.69) is 12.2 Å². The van der Waals surface area contributed by atoms with Crippen LogP contribution in [0.25, 0.3) is 0 Å². The van der Waals surface area contributed by atoms with Gasteiger partial charge in [0.25, 0.3) is 0 Å². The van der Waals surface area contributed by atoms with Crippen molar-refractivity contribution in [2.75, 3.05) is 11.1 Å². The largest absolute Gasteiger partial charge is 0.418 e. The van der Waals surface area contributed by atoms with Gasteiger partial charge in [-0.1, -0.05) is 6.92 Å². The predicted molar refractivity (Wildman–Crippen MR) is 70.9 cm³/mol. The molecule has 1 aliphatic rings. The molecule has 1 aromatic rings. The summed E-state index contributed by atoms with van der Waals surface area (Å²) in [6.45, 7) is 2.18. The molecule has 0 aromatic heterocycles. The highest BCUT2D eigenvalue weighted by Gasteiger charge is 2.34. The van der Waals surface area contributed by atoms with E-state index in [1.165, 1.54) is 12.1 Å². The van der Waals surface area contributed by atoms with Gasteiger partial charge in [0.15, 0.2) is 0 Å². The second-order valence-electron chi connectivity index (χ2n) is 5.40. The van der Waals surface area contributed by atoms with Gasteiger partial charge in [0.05, 0.1) is 5.56 Å². The van der Waals surface area contributed by atoms with E-state index in [1.54, 1.807) is 0 Å². The minimum atomic E-state index is -4.38. The van der Waals surface area contributed by atoms with Gasteiger partial charge in [-0.05, 0) is 49.8 Å². The Morgan fingerprint density at radius 3 is 2.37 bits per heavy atom. The van der Waals surface area contributed by atoms with Crippen LogP contribution in [0.1, 0.15) is 38.2 Å². The molecule has 1 fully saturated rings. The van der Waals surface area contributed by atoms with Gasteiger partial charge in [-0.15, -0.1) is 0 Å². The van der Waals surface area contributed by atoms with Crippen LogP contribution >= 0.6 is 0 Å². The van der Waals surface area contributed by atoms with E-state index in [0.717, 1.165) is 31.7 Å². The number of nitrogen functional groups attached to an aromatic ring is 1. The highest BCUT2D eigenvalue weighted by molar-refractivity contribution is 5.59.